The molecule has 2 aliphatic rings. The number of carboxylic acid groups (broad SMARTS) is 1. The van der Waals surface area contributed by atoms with Crippen molar-refractivity contribution < 1.29 is 266 Å². The van der Waals surface area contributed by atoms with E-state index in [9.17, 15) is 24.0 Å². The van der Waals surface area contributed by atoms with Crippen LogP contribution < -0.4 is 219 Å². The van der Waals surface area contributed by atoms with Crippen molar-refractivity contribution in [1.82, 2.24) is 50.4 Å². The third-order valence-electron chi connectivity index (χ3n) is 15.3. The average Bonchev–Trinajstić information content (AvgIpc) is 1.75. The number of rotatable bonds is 19. The van der Waals surface area contributed by atoms with Gasteiger partial charge in [0, 0.05) is 70.7 Å². The molecule has 6 aromatic heterocycles. The number of carbonyl (C=O) groups excluding carboxylic acids is 7. The van der Waals surface area contributed by atoms with Crippen LogP contribution in [0, 0.1) is 0 Å². The van der Waals surface area contributed by atoms with Gasteiger partial charge in [-0.05, 0) is 243 Å². The van der Waals surface area contributed by atoms with Gasteiger partial charge in [0.15, 0.2) is 35.2 Å². The Balaban J connectivity index is -0.00000154. The summed E-state index contributed by atoms with van der Waals surface area (Å²) >= 11 is 59.1. The van der Waals surface area contributed by atoms with Crippen LogP contribution in [0.1, 0.15) is 117 Å². The number of aliphatic imine (C=N–C) groups is 2. The Hall–Kier alpha value is -5.35. The summed E-state index contributed by atoms with van der Waals surface area (Å²) in [5.74, 6) is 0.232. The number of H-pyrrole nitrogens is 1. The van der Waals surface area contributed by atoms with Gasteiger partial charge in [-0.25, -0.2) is 60.2 Å². The van der Waals surface area contributed by atoms with Crippen molar-refractivity contribution in [3.05, 3.63) is 295 Å². The van der Waals surface area contributed by atoms with Gasteiger partial charge in [0.1, 0.15) is 69.9 Å². The van der Waals surface area contributed by atoms with Gasteiger partial charge in [-0.2, -0.15) is 0 Å². The number of ketones is 2. The van der Waals surface area contributed by atoms with E-state index in [-0.39, 0.29) is 239 Å². The van der Waals surface area contributed by atoms with E-state index in [1.165, 1.54) is 20.5 Å². The predicted octanol–water partition coefficient (Wildman–Crippen LogP) is 8.25. The summed E-state index contributed by atoms with van der Waals surface area (Å²) in [7, 11) is 6.11. The Morgan fingerprint density at radius 1 is 0.594 bits per heavy atom. The number of halogens is 13. The smallest absolute Gasteiger partial charge is 1.00 e. The normalized spacial score (nSPS) is 13.2. The van der Waals surface area contributed by atoms with Crippen LogP contribution in [0.25, 0.3) is 5.69 Å². The second kappa shape index (κ2) is 75.4. The molecule has 2 aliphatic heterocycles. The minimum atomic E-state index is -1.08. The van der Waals surface area contributed by atoms with Crippen molar-refractivity contribution in [1.29, 1.82) is 0 Å². The molecule has 53 heteroatoms. The number of nitrogens with one attached hydrogen (secondary N) is 3. The fourth-order valence-corrected chi connectivity index (χ4v) is 11.5. The second-order valence-corrected chi connectivity index (χ2v) is 34.3. The molecule has 0 amide bonds. The first kappa shape index (κ1) is 135. The molecule has 13 rings (SSSR count). The number of alkyl halides is 2. The third-order valence-corrected chi connectivity index (χ3v) is 20.9. The number of aromatic amines is 1. The number of benzene rings is 5. The monoisotopic (exact) mass is 2670 g/mol. The number of nitrogens with zero attached hydrogens (tertiary/aromatic N) is 11. The molecule has 6 unspecified atom stereocenters. The van der Waals surface area contributed by atoms with E-state index in [0.29, 0.717) is 121 Å². The molecule has 0 fully saturated rings. The van der Waals surface area contributed by atoms with Crippen molar-refractivity contribution in [3.63, 3.8) is 0 Å². The molecule has 36 nitrogen and oxygen atoms in total. The summed E-state index contributed by atoms with van der Waals surface area (Å²) < 4.78 is 24.6. The van der Waals surface area contributed by atoms with Crippen LogP contribution in [0.3, 0.4) is 0 Å². The number of methoxy groups -OCH3 is 4. The summed E-state index contributed by atoms with van der Waals surface area (Å²) in [4.78, 5) is 134. The zero-order valence-corrected chi connectivity index (χ0v) is 105. The largest absolute Gasteiger partial charge is 1.00 e. The first-order valence-electron chi connectivity index (χ1n) is 37.6. The third kappa shape index (κ3) is 53.5. The van der Waals surface area contributed by atoms with E-state index in [4.69, 9.17) is 156 Å². The fourth-order valence-electron chi connectivity index (χ4n) is 9.19. The maximum absolute atomic E-state index is 12.2. The standard InChI is InChI=1S/C19H17Cl2N5O2.C16H15BrClN3O3.C15H13BrClN3O2.C9H8BrClO.C7H8BrN3O2.C6H5Cl.C4H6O4.C3H4Br2O.C3H3ClN2.C2H4O2.CH2O3.B.2Cs.Na.H/c1-11-17(12-3-5-13(20)6-4-12)24-18(25-28-11)14-7-8-15(19(23-14)27-2)26-9-16(21)22-10-26;1-9(14(22)10-3-5-11(18)6-4-10)24-21-15(19)13-8-7-12(17)16(20-13)23-2;1-21-15-11(16)6-7-12(19-15)14-18-13(8-22-20-14)9-2-4-10(17)5-3-9;1-6(10)9(12)7-2-4-8(11)5-3-7;1-13-7-4(8)2-3-5(10-7)6(9)11-12;7-6-4-2-1-3-5-6;1-3(5)7-8-4(2)6;1-2(4)3(5)6;4-3-1-5-2-6-3;1-2(3)4;2-1-4-3;;;;;/h3-11,17H,1-2H3,(H,24,25);3-9H,1-2H3,(H2,19,21);2-7,13H,8H2,1H3,(H,18,20);2-6H,1H3;2-3,12H,1H3,(H2,9,11);1-5H;1-2H3;2H,1H3;1-2H,(H,5,6);1H3,(H,3,4);1,3H;;;;;/q;;;;;;;;;;;;3*+1;-1/p-2. The van der Waals surface area contributed by atoms with Crippen LogP contribution in [0.5, 0.6) is 23.5 Å². The van der Waals surface area contributed by atoms with Crippen molar-refractivity contribution in [2.24, 2.45) is 31.8 Å². The quantitative estimate of drug-likeness (QED) is 0.00424. The summed E-state index contributed by atoms with van der Waals surface area (Å²) in [5.41, 5.74) is 22.8. The molecule has 0 aliphatic carbocycles. The first-order valence-corrected chi connectivity index (χ1v) is 45.3. The van der Waals surface area contributed by atoms with Gasteiger partial charge in [-0.3, -0.25) is 43.4 Å². The van der Waals surface area contributed by atoms with Gasteiger partial charge in [0.25, 0.3) is 6.47 Å². The van der Waals surface area contributed by atoms with Crippen molar-refractivity contribution >= 4 is 249 Å². The Labute approximate surface area is 1020 Å². The number of hydrogen-bond donors (Lipinski definition) is 6. The summed E-state index contributed by atoms with van der Waals surface area (Å²) in [5, 5.41) is 36.6. The molecule has 8 heterocycles. The Bertz CT molecular complexity index is 5670. The van der Waals surface area contributed by atoms with E-state index < -0.39 is 24.0 Å². The molecule has 6 atom stereocenters. The molecule has 0 spiro atoms. The number of oxime groups is 2. The number of Topliss-reactive ketones (excluding diaryl/α,β-unsaturated/α-hetero) is 2. The van der Waals surface area contributed by atoms with Gasteiger partial charge in [-0.1, -0.05) is 166 Å². The Kier molecular flexibility index (Phi) is 73.6. The van der Waals surface area contributed by atoms with Crippen molar-refractivity contribution in [2.75, 3.05) is 35.0 Å². The Morgan fingerprint density at radius 3 is 1.39 bits per heavy atom. The molecule has 8 N–H and O–H groups in total. The minimum absolute atomic E-state index is 0. The maximum atomic E-state index is 12.2. The number of pyridine rings is 4. The molecule has 721 valence electrons. The Morgan fingerprint density at radius 2 is 1.01 bits per heavy atom. The van der Waals surface area contributed by atoms with Crippen LogP contribution >= 0.6 is 177 Å². The van der Waals surface area contributed by atoms with E-state index >= 15 is 0 Å². The van der Waals surface area contributed by atoms with Crippen molar-refractivity contribution in [2.45, 2.75) is 82.4 Å². The molecule has 0 saturated heterocycles. The van der Waals surface area contributed by atoms with Crippen LogP contribution in [0.15, 0.2) is 235 Å². The van der Waals surface area contributed by atoms with Gasteiger partial charge >= 0.3 is 179 Å². The fraction of sp³-hybridized carbons (Fsp3) is 0.212. The summed E-state index contributed by atoms with van der Waals surface area (Å²) in [6, 6.07) is 51.8. The minimum Gasteiger partial charge on any atom is -1.00 e. The van der Waals surface area contributed by atoms with Crippen LogP contribution in [-0.4, -0.2) is 174 Å². The number of carboxylic acids is 1. The summed E-state index contributed by atoms with van der Waals surface area (Å²) in [6.45, 7) is 10.6. The maximum Gasteiger partial charge on any atom is 1.00 e. The van der Waals surface area contributed by atoms with Crippen LogP contribution in [0.2, 0.25) is 35.4 Å². The number of aliphatic carboxylic acids is 1. The number of amidine groups is 4. The van der Waals surface area contributed by atoms with Gasteiger partial charge in [-0.15, -0.1) is 0 Å². The molecule has 5 aromatic carbocycles. The number of ether oxygens (including phenoxy) is 4. The average molecular weight is 2680 g/mol. The SMILES string of the molecule is CC(=O)OOC(C)=O.CC(=O)[O-].CC(Br)C(=O)Br.CC(Br)C(=O)c1ccc(Cl)cc1.COc1nc(/C(N)=N/O)ccc1Br.COc1nc(/C(N)=N/OC(C)C(=O)c2ccc(Cl)cc2)ccc1Br.COc1nc(C2=NC(c3ccc(Cl)cc3)C(C)ON2)ccc1-n1cnc(Cl)c1.COc1nc(C2=NC(c3ccc(Cl)cc3)CON2)ccc1Br.Clc1ccccc1.Clc1cnc[nH]1.O=CO[O-].[B].[Cs+].[Cs+].[H-].[Na+]. The van der Waals surface area contributed by atoms with Crippen LogP contribution in [0.4, 0.5) is 0 Å². The zero-order valence-electron chi connectivity index (χ0n) is 76.6. The molecule has 0 bridgehead atoms. The topological polar surface area (TPSA) is 502 Å². The first-order chi connectivity index (χ1) is 63.6. The number of hydrogen-bond acceptors (Lipinski definition) is 32. The molecular formula is C85H84BBr6Cl7Cs2N16NaO20. The number of nitrogens with two attached hydrogens (primary N) is 2. The van der Waals surface area contributed by atoms with Crippen LogP contribution in [-0.2, 0) is 53.1 Å². The molecular weight excluding hydrogens is 2590 g/mol. The van der Waals surface area contributed by atoms with E-state index in [2.05, 4.69) is 171 Å². The van der Waals surface area contributed by atoms with Gasteiger partial charge in [0.05, 0.1) is 64.0 Å². The van der Waals surface area contributed by atoms with E-state index in [1.54, 1.807) is 131 Å². The molecule has 0 saturated carbocycles. The van der Waals surface area contributed by atoms with Gasteiger partial charge in [0.2, 0.25) is 34.0 Å². The molecule has 11 aromatic rings. The van der Waals surface area contributed by atoms with E-state index in [1.807, 2.05) is 110 Å². The molecule has 138 heavy (non-hydrogen) atoms. The number of aromatic nitrogens is 8. The van der Waals surface area contributed by atoms with Crippen molar-refractivity contribution in [3.8, 4) is 29.2 Å². The number of imidazole rings is 2. The van der Waals surface area contributed by atoms with Gasteiger partial charge < -0.3 is 66.9 Å². The zero-order chi connectivity index (χ0) is 100. The second-order valence-electron chi connectivity index (χ2n) is 25.3. The molecule has 3 radical (unpaired) electrons. The predicted molar refractivity (Wildman–Crippen MR) is 532 cm³/mol. The summed E-state index contributed by atoms with van der Waals surface area (Å²) in [6.07, 6.45) is 5.39. The number of carbonyl (C=O) groups is 7. The number of hydroxylamine groups is 2. The van der Waals surface area contributed by atoms with E-state index in [0.717, 1.165) is 41.4 Å².